The van der Waals surface area contributed by atoms with Crippen LogP contribution in [0.2, 0.25) is 0 Å². The van der Waals surface area contributed by atoms with Gasteiger partial charge in [0.25, 0.3) is 0 Å². The lowest BCUT2D eigenvalue weighted by Crippen LogP contribution is -2.34. The van der Waals surface area contributed by atoms with E-state index in [2.05, 4.69) is 11.9 Å². The molecule has 0 spiro atoms. The van der Waals surface area contributed by atoms with E-state index in [4.69, 9.17) is 4.74 Å². The summed E-state index contributed by atoms with van der Waals surface area (Å²) in [6.07, 6.45) is 1.73. The number of ether oxygens (including phenoxy) is 1. The van der Waals surface area contributed by atoms with Crippen LogP contribution in [0.15, 0.2) is 36.9 Å². The molecule has 1 N–H and O–H groups in total. The molecule has 0 fully saturated rings. The van der Waals surface area contributed by atoms with Gasteiger partial charge >= 0.3 is 0 Å². The van der Waals surface area contributed by atoms with E-state index >= 15 is 0 Å². The molecule has 0 saturated carbocycles. The average Bonchev–Trinajstić information content (AvgIpc) is 2.34. The van der Waals surface area contributed by atoms with Gasteiger partial charge in [-0.05, 0) is 19.1 Å². The monoisotopic (exact) mass is 219 g/mol. The summed E-state index contributed by atoms with van der Waals surface area (Å²) in [6.45, 7) is 6.04. The molecule has 0 aliphatic heterocycles. The Balaban J connectivity index is 2.82. The Hall–Kier alpha value is -1.61. The molecule has 0 saturated heterocycles. The zero-order valence-electron chi connectivity index (χ0n) is 9.69. The zero-order chi connectivity index (χ0) is 12.0. The van der Waals surface area contributed by atoms with Crippen molar-refractivity contribution < 1.29 is 9.53 Å². The van der Waals surface area contributed by atoms with Crippen molar-refractivity contribution in [2.75, 3.05) is 13.7 Å². The van der Waals surface area contributed by atoms with Crippen molar-refractivity contribution in [2.24, 2.45) is 0 Å². The molecular weight excluding hydrogens is 202 g/mol. The van der Waals surface area contributed by atoms with E-state index in [9.17, 15) is 4.79 Å². The molecular formula is C13H17NO2. The van der Waals surface area contributed by atoms with Crippen LogP contribution in [0.25, 0.3) is 0 Å². The maximum Gasteiger partial charge on any atom is 0.183 e. The van der Waals surface area contributed by atoms with E-state index in [1.54, 1.807) is 25.3 Å². The summed E-state index contributed by atoms with van der Waals surface area (Å²) < 4.78 is 5.15. The molecule has 0 aromatic heterocycles. The highest BCUT2D eigenvalue weighted by molar-refractivity contribution is 6.02. The minimum absolute atomic E-state index is 0.0271. The van der Waals surface area contributed by atoms with E-state index in [1.165, 1.54) is 0 Å². The molecule has 0 heterocycles. The lowest BCUT2D eigenvalue weighted by Gasteiger charge is -2.13. The van der Waals surface area contributed by atoms with Crippen molar-refractivity contribution in [3.8, 4) is 5.75 Å². The minimum Gasteiger partial charge on any atom is -0.496 e. The molecule has 3 heteroatoms. The van der Waals surface area contributed by atoms with Crippen molar-refractivity contribution >= 4 is 5.78 Å². The lowest BCUT2D eigenvalue weighted by atomic mass is 10.0. The quantitative estimate of drug-likeness (QED) is 0.587. The number of Topliss-reactive ketones (excluding diaryl/α,β-unsaturated/α-hetero) is 1. The van der Waals surface area contributed by atoms with Crippen LogP contribution in [0.5, 0.6) is 5.75 Å². The highest BCUT2D eigenvalue weighted by Gasteiger charge is 2.17. The minimum atomic E-state index is -0.241. The number of hydrogen-bond acceptors (Lipinski definition) is 3. The number of benzene rings is 1. The molecule has 3 nitrogen and oxygen atoms in total. The second-order valence-corrected chi connectivity index (χ2v) is 3.48. The van der Waals surface area contributed by atoms with Gasteiger partial charge in [-0.3, -0.25) is 4.79 Å². The van der Waals surface area contributed by atoms with Crippen LogP contribution < -0.4 is 10.1 Å². The molecule has 0 amide bonds. The van der Waals surface area contributed by atoms with Crippen molar-refractivity contribution in [2.45, 2.75) is 13.0 Å². The van der Waals surface area contributed by atoms with Crippen LogP contribution in [0, 0.1) is 0 Å². The first kappa shape index (κ1) is 12.5. The lowest BCUT2D eigenvalue weighted by molar-refractivity contribution is 0.0950. The zero-order valence-corrected chi connectivity index (χ0v) is 9.69. The largest absolute Gasteiger partial charge is 0.496 e. The predicted molar refractivity (Wildman–Crippen MR) is 65.0 cm³/mol. The molecule has 0 bridgehead atoms. The van der Waals surface area contributed by atoms with Crippen molar-refractivity contribution in [3.63, 3.8) is 0 Å². The summed E-state index contributed by atoms with van der Waals surface area (Å²) in [5.41, 5.74) is 0.606. The fourth-order valence-corrected chi connectivity index (χ4v) is 1.43. The molecule has 0 radical (unpaired) electrons. The first-order valence-corrected chi connectivity index (χ1v) is 5.22. The average molecular weight is 219 g/mol. The van der Waals surface area contributed by atoms with E-state index < -0.39 is 0 Å². The maximum atomic E-state index is 12.1. The second kappa shape index (κ2) is 6.08. The standard InChI is InChI=1S/C13H17NO2/c1-4-9-14-10(2)13(15)11-7-5-6-8-12(11)16-3/h4-8,10,14H,1,9H2,2-3H3. The predicted octanol–water partition coefficient (Wildman–Crippen LogP) is 2.04. The van der Waals surface area contributed by atoms with Crippen LogP contribution in [0.3, 0.4) is 0 Å². The van der Waals surface area contributed by atoms with E-state index in [1.807, 2.05) is 19.1 Å². The Kier molecular flexibility index (Phi) is 4.73. The summed E-state index contributed by atoms with van der Waals surface area (Å²) >= 11 is 0. The third kappa shape index (κ3) is 2.94. The fraction of sp³-hybridized carbons (Fsp3) is 0.308. The Morgan fingerprint density at radius 3 is 2.88 bits per heavy atom. The van der Waals surface area contributed by atoms with Gasteiger partial charge in [0.05, 0.1) is 18.7 Å². The van der Waals surface area contributed by atoms with Gasteiger partial charge in [0, 0.05) is 6.54 Å². The molecule has 1 atom stereocenters. The van der Waals surface area contributed by atoms with Gasteiger partial charge in [0.2, 0.25) is 0 Å². The highest BCUT2D eigenvalue weighted by Crippen LogP contribution is 2.18. The van der Waals surface area contributed by atoms with Crippen LogP contribution in [0.1, 0.15) is 17.3 Å². The van der Waals surface area contributed by atoms with Gasteiger partial charge in [0.15, 0.2) is 5.78 Å². The van der Waals surface area contributed by atoms with Crippen molar-refractivity contribution in [1.82, 2.24) is 5.32 Å². The van der Waals surface area contributed by atoms with Gasteiger partial charge in [-0.25, -0.2) is 0 Å². The summed E-state index contributed by atoms with van der Waals surface area (Å²) in [4.78, 5) is 12.1. The number of nitrogens with one attached hydrogen (secondary N) is 1. The van der Waals surface area contributed by atoms with Gasteiger partial charge in [-0.2, -0.15) is 0 Å². The third-order valence-electron chi connectivity index (χ3n) is 2.33. The topological polar surface area (TPSA) is 38.3 Å². The molecule has 1 aromatic rings. The first-order chi connectivity index (χ1) is 7.70. The Morgan fingerprint density at radius 2 is 2.25 bits per heavy atom. The second-order valence-electron chi connectivity index (χ2n) is 3.48. The SMILES string of the molecule is C=CCNC(C)C(=O)c1ccccc1OC. The smallest absolute Gasteiger partial charge is 0.183 e. The number of carbonyl (C=O) groups excluding carboxylic acids is 1. The molecule has 16 heavy (non-hydrogen) atoms. The fourth-order valence-electron chi connectivity index (χ4n) is 1.43. The Labute approximate surface area is 96.1 Å². The number of para-hydroxylation sites is 1. The van der Waals surface area contributed by atoms with Crippen LogP contribution in [-0.2, 0) is 0 Å². The van der Waals surface area contributed by atoms with Gasteiger partial charge in [0.1, 0.15) is 5.75 Å². The van der Waals surface area contributed by atoms with Gasteiger partial charge in [-0.15, -0.1) is 6.58 Å². The molecule has 1 unspecified atom stereocenters. The van der Waals surface area contributed by atoms with Gasteiger partial charge in [-0.1, -0.05) is 18.2 Å². The molecule has 0 aliphatic carbocycles. The number of carbonyl (C=O) groups is 1. The van der Waals surface area contributed by atoms with Crippen LogP contribution in [-0.4, -0.2) is 25.5 Å². The third-order valence-corrected chi connectivity index (χ3v) is 2.33. The number of methoxy groups -OCH3 is 1. The summed E-state index contributed by atoms with van der Waals surface area (Å²) in [5.74, 6) is 0.638. The molecule has 1 rings (SSSR count). The van der Waals surface area contributed by atoms with E-state index in [0.29, 0.717) is 17.9 Å². The Morgan fingerprint density at radius 1 is 1.56 bits per heavy atom. The molecule has 86 valence electrons. The summed E-state index contributed by atoms with van der Waals surface area (Å²) in [7, 11) is 1.56. The van der Waals surface area contributed by atoms with E-state index in [-0.39, 0.29) is 11.8 Å². The summed E-state index contributed by atoms with van der Waals surface area (Å²) in [6, 6.07) is 6.99. The van der Waals surface area contributed by atoms with E-state index in [0.717, 1.165) is 0 Å². The number of rotatable bonds is 6. The number of ketones is 1. The van der Waals surface area contributed by atoms with Crippen molar-refractivity contribution in [3.05, 3.63) is 42.5 Å². The van der Waals surface area contributed by atoms with Crippen LogP contribution >= 0.6 is 0 Å². The highest BCUT2D eigenvalue weighted by atomic mass is 16.5. The molecule has 0 aliphatic rings. The van der Waals surface area contributed by atoms with Gasteiger partial charge < -0.3 is 10.1 Å². The van der Waals surface area contributed by atoms with Crippen LogP contribution in [0.4, 0.5) is 0 Å². The normalized spacial score (nSPS) is 11.9. The first-order valence-electron chi connectivity index (χ1n) is 5.22. The van der Waals surface area contributed by atoms with Crippen molar-refractivity contribution in [1.29, 1.82) is 0 Å². The number of hydrogen-bond donors (Lipinski definition) is 1. The molecule has 1 aromatic carbocycles. The maximum absolute atomic E-state index is 12.1. The Bertz CT molecular complexity index is 374. The summed E-state index contributed by atoms with van der Waals surface area (Å²) in [5, 5.41) is 3.06.